The SMILES string of the molecule is COc1ccc(CN2CCC(CN)CC2)c(O)c1. The summed E-state index contributed by atoms with van der Waals surface area (Å²) in [4.78, 5) is 2.37. The van der Waals surface area contributed by atoms with E-state index in [0.29, 0.717) is 17.4 Å². The molecule has 100 valence electrons. The number of benzene rings is 1. The number of nitrogens with two attached hydrogens (primary N) is 1. The molecule has 0 radical (unpaired) electrons. The molecule has 0 unspecified atom stereocenters. The van der Waals surface area contributed by atoms with E-state index in [9.17, 15) is 5.11 Å². The predicted octanol–water partition coefficient (Wildman–Crippen LogP) is 1.57. The second-order valence-corrected chi connectivity index (χ2v) is 4.95. The Morgan fingerprint density at radius 3 is 2.67 bits per heavy atom. The van der Waals surface area contributed by atoms with Gasteiger partial charge in [0.1, 0.15) is 11.5 Å². The smallest absolute Gasteiger partial charge is 0.123 e. The molecule has 1 aromatic carbocycles. The van der Waals surface area contributed by atoms with Crippen molar-refractivity contribution >= 4 is 0 Å². The average molecular weight is 250 g/mol. The molecule has 4 heteroatoms. The Kier molecular flexibility index (Phi) is 4.44. The van der Waals surface area contributed by atoms with Crippen LogP contribution in [0.1, 0.15) is 18.4 Å². The van der Waals surface area contributed by atoms with Gasteiger partial charge < -0.3 is 15.6 Å². The van der Waals surface area contributed by atoms with E-state index < -0.39 is 0 Å². The van der Waals surface area contributed by atoms with Gasteiger partial charge >= 0.3 is 0 Å². The Bertz CT molecular complexity index is 387. The number of phenols is 1. The molecule has 3 N–H and O–H groups in total. The molecule has 1 heterocycles. The maximum absolute atomic E-state index is 9.92. The quantitative estimate of drug-likeness (QED) is 0.851. The van der Waals surface area contributed by atoms with Crippen molar-refractivity contribution in [2.75, 3.05) is 26.7 Å². The molecule has 0 bridgehead atoms. The fraction of sp³-hybridized carbons (Fsp3) is 0.571. The Labute approximate surface area is 108 Å². The first kappa shape index (κ1) is 13.2. The minimum Gasteiger partial charge on any atom is -0.507 e. The average Bonchev–Trinajstić information content (AvgIpc) is 2.42. The Balaban J connectivity index is 1.94. The molecular formula is C14H22N2O2. The largest absolute Gasteiger partial charge is 0.507 e. The van der Waals surface area contributed by atoms with Crippen LogP contribution in [0.2, 0.25) is 0 Å². The zero-order chi connectivity index (χ0) is 13.0. The van der Waals surface area contributed by atoms with Gasteiger partial charge in [-0.15, -0.1) is 0 Å². The zero-order valence-electron chi connectivity index (χ0n) is 10.9. The lowest BCUT2D eigenvalue weighted by Crippen LogP contribution is -2.35. The van der Waals surface area contributed by atoms with Crippen LogP contribution in [0.15, 0.2) is 18.2 Å². The van der Waals surface area contributed by atoms with Crippen LogP contribution < -0.4 is 10.5 Å². The van der Waals surface area contributed by atoms with Gasteiger partial charge in [-0.25, -0.2) is 0 Å². The van der Waals surface area contributed by atoms with Crippen molar-refractivity contribution in [3.63, 3.8) is 0 Å². The number of methoxy groups -OCH3 is 1. The second-order valence-electron chi connectivity index (χ2n) is 4.95. The third-order valence-corrected chi connectivity index (χ3v) is 3.73. The highest BCUT2D eigenvalue weighted by atomic mass is 16.5. The summed E-state index contributed by atoms with van der Waals surface area (Å²) < 4.78 is 5.08. The fourth-order valence-electron chi connectivity index (χ4n) is 2.43. The van der Waals surface area contributed by atoms with Crippen LogP contribution in [0.25, 0.3) is 0 Å². The summed E-state index contributed by atoms with van der Waals surface area (Å²) in [6.45, 7) is 3.72. The van der Waals surface area contributed by atoms with Crippen LogP contribution in [0.3, 0.4) is 0 Å². The van der Waals surface area contributed by atoms with Gasteiger partial charge in [-0.3, -0.25) is 4.90 Å². The molecule has 1 aromatic rings. The molecule has 2 rings (SSSR count). The van der Waals surface area contributed by atoms with Crippen molar-refractivity contribution in [2.45, 2.75) is 19.4 Å². The van der Waals surface area contributed by atoms with Crippen molar-refractivity contribution < 1.29 is 9.84 Å². The number of nitrogens with zero attached hydrogens (tertiary/aromatic N) is 1. The number of rotatable bonds is 4. The number of hydrogen-bond acceptors (Lipinski definition) is 4. The lowest BCUT2D eigenvalue weighted by Gasteiger charge is -2.31. The van der Waals surface area contributed by atoms with Crippen molar-refractivity contribution in [1.29, 1.82) is 0 Å². The van der Waals surface area contributed by atoms with Gasteiger partial charge in [-0.1, -0.05) is 6.07 Å². The minimum atomic E-state index is 0.315. The molecule has 1 saturated heterocycles. The lowest BCUT2D eigenvalue weighted by molar-refractivity contribution is 0.179. The van der Waals surface area contributed by atoms with Crippen molar-refractivity contribution in [1.82, 2.24) is 4.90 Å². The molecule has 0 atom stereocenters. The number of ether oxygens (including phenoxy) is 1. The standard InChI is InChI=1S/C14H22N2O2/c1-18-13-3-2-12(14(17)8-13)10-16-6-4-11(9-15)5-7-16/h2-3,8,11,17H,4-7,9-10,15H2,1H3. The van der Waals surface area contributed by atoms with E-state index in [4.69, 9.17) is 10.5 Å². The summed E-state index contributed by atoms with van der Waals surface area (Å²) >= 11 is 0. The maximum atomic E-state index is 9.92. The van der Waals surface area contributed by atoms with Gasteiger partial charge in [0.25, 0.3) is 0 Å². The second kappa shape index (κ2) is 6.07. The highest BCUT2D eigenvalue weighted by Crippen LogP contribution is 2.26. The monoisotopic (exact) mass is 250 g/mol. The molecule has 0 amide bonds. The first-order valence-electron chi connectivity index (χ1n) is 6.51. The molecular weight excluding hydrogens is 228 g/mol. The van der Waals surface area contributed by atoms with Crippen LogP contribution >= 0.6 is 0 Å². The third kappa shape index (κ3) is 3.15. The Morgan fingerprint density at radius 2 is 2.11 bits per heavy atom. The van der Waals surface area contributed by atoms with E-state index in [1.165, 1.54) is 0 Å². The molecule has 0 aromatic heterocycles. The van der Waals surface area contributed by atoms with Crippen LogP contribution in [0.5, 0.6) is 11.5 Å². The minimum absolute atomic E-state index is 0.315. The maximum Gasteiger partial charge on any atom is 0.123 e. The summed E-state index contributed by atoms with van der Waals surface area (Å²) in [6, 6.07) is 5.49. The van der Waals surface area contributed by atoms with E-state index in [1.807, 2.05) is 12.1 Å². The summed E-state index contributed by atoms with van der Waals surface area (Å²) in [5, 5.41) is 9.92. The van der Waals surface area contributed by atoms with E-state index >= 15 is 0 Å². The van der Waals surface area contributed by atoms with E-state index in [-0.39, 0.29) is 0 Å². The van der Waals surface area contributed by atoms with Gasteiger partial charge in [0, 0.05) is 18.2 Å². The van der Waals surface area contributed by atoms with E-state index in [1.54, 1.807) is 13.2 Å². The highest BCUT2D eigenvalue weighted by molar-refractivity contribution is 5.39. The molecule has 1 fully saturated rings. The number of hydrogen-bond donors (Lipinski definition) is 2. The van der Waals surface area contributed by atoms with Gasteiger partial charge in [0.05, 0.1) is 7.11 Å². The van der Waals surface area contributed by atoms with E-state index in [2.05, 4.69) is 4.90 Å². The van der Waals surface area contributed by atoms with Crippen molar-refractivity contribution in [3.05, 3.63) is 23.8 Å². The van der Waals surface area contributed by atoms with Gasteiger partial charge in [-0.2, -0.15) is 0 Å². The molecule has 18 heavy (non-hydrogen) atoms. The van der Waals surface area contributed by atoms with Gasteiger partial charge in [0.2, 0.25) is 0 Å². The van der Waals surface area contributed by atoms with Crippen molar-refractivity contribution in [2.24, 2.45) is 11.7 Å². The highest BCUT2D eigenvalue weighted by Gasteiger charge is 2.18. The lowest BCUT2D eigenvalue weighted by atomic mass is 9.97. The summed E-state index contributed by atoms with van der Waals surface area (Å²) in [7, 11) is 1.60. The fourth-order valence-corrected chi connectivity index (χ4v) is 2.43. The zero-order valence-corrected chi connectivity index (χ0v) is 10.9. The van der Waals surface area contributed by atoms with Crippen LogP contribution in [0.4, 0.5) is 0 Å². The topological polar surface area (TPSA) is 58.7 Å². The summed E-state index contributed by atoms with van der Waals surface area (Å²) in [6.07, 6.45) is 2.32. The molecule has 0 spiro atoms. The number of piperidine rings is 1. The summed E-state index contributed by atoms with van der Waals surface area (Å²) in [5.41, 5.74) is 6.65. The molecule has 1 aliphatic heterocycles. The number of likely N-dealkylation sites (tertiary alicyclic amines) is 1. The van der Waals surface area contributed by atoms with Crippen LogP contribution in [0, 0.1) is 5.92 Å². The normalized spacial score (nSPS) is 17.9. The molecule has 0 saturated carbocycles. The number of aromatic hydroxyl groups is 1. The van der Waals surface area contributed by atoms with Crippen LogP contribution in [-0.4, -0.2) is 36.8 Å². The predicted molar refractivity (Wildman–Crippen MR) is 71.7 cm³/mol. The molecule has 0 aliphatic carbocycles. The first-order valence-corrected chi connectivity index (χ1v) is 6.51. The Hall–Kier alpha value is -1.26. The first-order chi connectivity index (χ1) is 8.72. The Morgan fingerprint density at radius 1 is 1.39 bits per heavy atom. The molecule has 4 nitrogen and oxygen atoms in total. The summed E-state index contributed by atoms with van der Waals surface area (Å²) in [5.74, 6) is 1.68. The van der Waals surface area contributed by atoms with Gasteiger partial charge in [0.15, 0.2) is 0 Å². The van der Waals surface area contributed by atoms with Crippen LogP contribution in [-0.2, 0) is 6.54 Å². The van der Waals surface area contributed by atoms with Gasteiger partial charge in [-0.05, 0) is 44.5 Å². The third-order valence-electron chi connectivity index (χ3n) is 3.73. The number of phenolic OH excluding ortho intramolecular Hbond substituents is 1. The molecule has 1 aliphatic rings. The van der Waals surface area contributed by atoms with Crippen molar-refractivity contribution in [3.8, 4) is 11.5 Å². The van der Waals surface area contributed by atoms with E-state index in [0.717, 1.165) is 44.6 Å².